The third-order valence-electron chi connectivity index (χ3n) is 2.02. The van der Waals surface area contributed by atoms with Crippen molar-refractivity contribution in [2.24, 2.45) is 0 Å². The molecule has 0 amide bonds. The van der Waals surface area contributed by atoms with Gasteiger partial charge >= 0.3 is 0 Å². The predicted molar refractivity (Wildman–Crippen MR) is 57.9 cm³/mol. The average molecular weight is 205 g/mol. The summed E-state index contributed by atoms with van der Waals surface area (Å²) in [7, 11) is 0. The smallest absolute Gasteiger partial charge is 0.260 e. The van der Waals surface area contributed by atoms with E-state index in [1.165, 1.54) is 0 Å². The van der Waals surface area contributed by atoms with Crippen LogP contribution in [0.2, 0.25) is 0 Å². The fourth-order valence-corrected chi connectivity index (χ4v) is 1.34. The molecule has 0 aliphatic carbocycles. The molecule has 0 aliphatic rings. The Morgan fingerprint density at radius 1 is 1.40 bits per heavy atom. The van der Waals surface area contributed by atoms with Crippen molar-refractivity contribution in [3.8, 4) is 0 Å². The minimum Gasteiger partial charge on any atom is -0.395 e. The first kappa shape index (κ1) is 9.67. The zero-order valence-electron chi connectivity index (χ0n) is 8.03. The van der Waals surface area contributed by atoms with Crippen LogP contribution >= 0.6 is 0 Å². The van der Waals surface area contributed by atoms with Gasteiger partial charge in [-0.1, -0.05) is 12.1 Å². The minimum atomic E-state index is -0.180. The van der Waals surface area contributed by atoms with Gasteiger partial charge in [0.2, 0.25) is 5.95 Å². The molecule has 0 saturated heterocycles. The summed E-state index contributed by atoms with van der Waals surface area (Å²) in [5, 5.41) is 12.0. The Bertz CT molecular complexity index is 521. The van der Waals surface area contributed by atoms with Crippen LogP contribution in [0.1, 0.15) is 0 Å². The van der Waals surface area contributed by atoms with E-state index in [2.05, 4.69) is 15.3 Å². The molecule has 0 atom stereocenters. The number of rotatable bonds is 3. The summed E-state index contributed by atoms with van der Waals surface area (Å²) in [5.41, 5.74) is 0.461. The molecule has 1 aromatic carbocycles. The maximum Gasteiger partial charge on any atom is 0.260 e. The molecule has 0 radical (unpaired) electrons. The molecule has 0 fully saturated rings. The summed E-state index contributed by atoms with van der Waals surface area (Å²) in [6.45, 7) is 0.359. The number of nitrogens with zero attached hydrogens (tertiary/aromatic N) is 1. The number of aliphatic hydroxyl groups excluding tert-OH is 1. The standard InChI is InChI=1S/C10H11N3O2/c14-6-5-11-10-12-8-4-2-1-3-7(8)9(15)13-10/h1-4,14H,5-6H2,(H2,11,12,13,15). The number of anilines is 1. The molecule has 1 heterocycles. The van der Waals surface area contributed by atoms with E-state index in [9.17, 15) is 4.79 Å². The first-order valence-electron chi connectivity index (χ1n) is 4.65. The SMILES string of the molecule is O=c1[nH]c(NCCO)nc2ccccc12. The largest absolute Gasteiger partial charge is 0.395 e. The van der Waals surface area contributed by atoms with E-state index in [1.54, 1.807) is 18.2 Å². The van der Waals surface area contributed by atoms with Crippen molar-refractivity contribution in [1.82, 2.24) is 9.97 Å². The topological polar surface area (TPSA) is 78.0 Å². The molecule has 0 spiro atoms. The van der Waals surface area contributed by atoms with Crippen LogP contribution in [0.4, 0.5) is 5.95 Å². The molecule has 5 nitrogen and oxygen atoms in total. The van der Waals surface area contributed by atoms with Gasteiger partial charge in [0.1, 0.15) is 0 Å². The van der Waals surface area contributed by atoms with Crippen LogP contribution in [0.15, 0.2) is 29.1 Å². The lowest BCUT2D eigenvalue weighted by molar-refractivity contribution is 0.311. The first-order valence-corrected chi connectivity index (χ1v) is 4.65. The molecule has 5 heteroatoms. The van der Waals surface area contributed by atoms with Crippen LogP contribution in [-0.4, -0.2) is 28.2 Å². The molecule has 0 saturated carbocycles. The quantitative estimate of drug-likeness (QED) is 0.674. The number of nitrogens with one attached hydrogen (secondary N) is 2. The number of hydrogen-bond donors (Lipinski definition) is 3. The lowest BCUT2D eigenvalue weighted by atomic mass is 10.2. The van der Waals surface area contributed by atoms with Gasteiger partial charge in [0.15, 0.2) is 0 Å². The van der Waals surface area contributed by atoms with Gasteiger partial charge in [-0.05, 0) is 12.1 Å². The Morgan fingerprint density at radius 2 is 2.20 bits per heavy atom. The van der Waals surface area contributed by atoms with Crippen LogP contribution < -0.4 is 10.9 Å². The second kappa shape index (κ2) is 4.10. The second-order valence-electron chi connectivity index (χ2n) is 3.08. The molecule has 15 heavy (non-hydrogen) atoms. The number of benzene rings is 1. The highest BCUT2D eigenvalue weighted by Gasteiger charge is 2.01. The average Bonchev–Trinajstić information content (AvgIpc) is 2.26. The normalized spacial score (nSPS) is 10.5. The van der Waals surface area contributed by atoms with Gasteiger partial charge in [-0.25, -0.2) is 4.98 Å². The van der Waals surface area contributed by atoms with Crippen molar-refractivity contribution < 1.29 is 5.11 Å². The summed E-state index contributed by atoms with van der Waals surface area (Å²) in [6, 6.07) is 7.11. The fraction of sp³-hybridized carbons (Fsp3) is 0.200. The maximum absolute atomic E-state index is 11.6. The second-order valence-corrected chi connectivity index (χ2v) is 3.08. The molecule has 0 unspecified atom stereocenters. The monoisotopic (exact) mass is 205 g/mol. The van der Waals surface area contributed by atoms with Crippen molar-refractivity contribution in [2.75, 3.05) is 18.5 Å². The van der Waals surface area contributed by atoms with Crippen LogP contribution in [0, 0.1) is 0 Å². The molecule has 2 rings (SSSR count). The Hall–Kier alpha value is -1.88. The molecule has 0 bridgehead atoms. The molecule has 2 aromatic rings. The van der Waals surface area contributed by atoms with Crippen molar-refractivity contribution in [3.63, 3.8) is 0 Å². The molecular formula is C10H11N3O2. The summed E-state index contributed by atoms with van der Waals surface area (Å²) >= 11 is 0. The number of H-pyrrole nitrogens is 1. The van der Waals surface area contributed by atoms with Gasteiger partial charge in [0.25, 0.3) is 5.56 Å². The van der Waals surface area contributed by atoms with Gasteiger partial charge in [0.05, 0.1) is 17.5 Å². The van der Waals surface area contributed by atoms with E-state index in [0.29, 0.717) is 23.4 Å². The zero-order chi connectivity index (χ0) is 10.7. The van der Waals surface area contributed by atoms with Gasteiger partial charge < -0.3 is 10.4 Å². The molecule has 78 valence electrons. The lowest BCUT2D eigenvalue weighted by Gasteiger charge is -2.03. The van der Waals surface area contributed by atoms with Crippen molar-refractivity contribution in [3.05, 3.63) is 34.6 Å². The number of aromatic nitrogens is 2. The Labute approximate surface area is 85.8 Å². The van der Waals surface area contributed by atoms with E-state index >= 15 is 0 Å². The van der Waals surface area contributed by atoms with E-state index in [1.807, 2.05) is 6.07 Å². The maximum atomic E-state index is 11.6. The highest BCUT2D eigenvalue weighted by molar-refractivity contribution is 5.78. The number of para-hydroxylation sites is 1. The van der Waals surface area contributed by atoms with Crippen LogP contribution in [0.25, 0.3) is 10.9 Å². The van der Waals surface area contributed by atoms with E-state index in [-0.39, 0.29) is 12.2 Å². The fourth-order valence-electron chi connectivity index (χ4n) is 1.34. The highest BCUT2D eigenvalue weighted by Crippen LogP contribution is 2.07. The van der Waals surface area contributed by atoms with E-state index in [4.69, 9.17) is 5.11 Å². The summed E-state index contributed by atoms with van der Waals surface area (Å²) in [5.74, 6) is 0.382. The summed E-state index contributed by atoms with van der Waals surface area (Å²) in [6.07, 6.45) is 0. The van der Waals surface area contributed by atoms with Crippen LogP contribution in [0.3, 0.4) is 0 Å². The Balaban J connectivity index is 2.48. The number of hydrogen-bond acceptors (Lipinski definition) is 4. The number of aromatic amines is 1. The zero-order valence-corrected chi connectivity index (χ0v) is 8.03. The highest BCUT2D eigenvalue weighted by atomic mass is 16.3. The van der Waals surface area contributed by atoms with Crippen molar-refractivity contribution >= 4 is 16.9 Å². The summed E-state index contributed by atoms with van der Waals surface area (Å²) in [4.78, 5) is 18.4. The Morgan fingerprint density at radius 3 is 3.00 bits per heavy atom. The van der Waals surface area contributed by atoms with E-state index in [0.717, 1.165) is 0 Å². The minimum absolute atomic E-state index is 0.00344. The van der Waals surface area contributed by atoms with Crippen molar-refractivity contribution in [2.45, 2.75) is 0 Å². The van der Waals surface area contributed by atoms with Crippen LogP contribution in [0.5, 0.6) is 0 Å². The number of fused-ring (bicyclic) bond motifs is 1. The van der Waals surface area contributed by atoms with Gasteiger partial charge in [0, 0.05) is 6.54 Å². The lowest BCUT2D eigenvalue weighted by Crippen LogP contribution is -2.15. The molecular weight excluding hydrogens is 194 g/mol. The van der Waals surface area contributed by atoms with Gasteiger partial charge in [-0.3, -0.25) is 9.78 Å². The molecule has 3 N–H and O–H groups in total. The van der Waals surface area contributed by atoms with Crippen molar-refractivity contribution in [1.29, 1.82) is 0 Å². The third kappa shape index (κ3) is 1.97. The predicted octanol–water partition coefficient (Wildman–Crippen LogP) is 0.327. The Kier molecular flexibility index (Phi) is 2.64. The van der Waals surface area contributed by atoms with Gasteiger partial charge in [-0.2, -0.15) is 0 Å². The van der Waals surface area contributed by atoms with Gasteiger partial charge in [-0.15, -0.1) is 0 Å². The summed E-state index contributed by atoms with van der Waals surface area (Å²) < 4.78 is 0. The first-order chi connectivity index (χ1) is 7.31. The van der Waals surface area contributed by atoms with E-state index < -0.39 is 0 Å². The number of aliphatic hydroxyl groups is 1. The molecule has 0 aliphatic heterocycles. The molecule has 1 aromatic heterocycles. The third-order valence-corrected chi connectivity index (χ3v) is 2.02. The van der Waals surface area contributed by atoms with Crippen LogP contribution in [-0.2, 0) is 0 Å².